The number of fused-ring (bicyclic) bond motifs is 6. The molecule has 0 saturated heterocycles. The summed E-state index contributed by atoms with van der Waals surface area (Å²) in [7, 11) is 0. The van der Waals surface area contributed by atoms with Crippen LogP contribution in [0.15, 0.2) is 103 Å². The van der Waals surface area contributed by atoms with Crippen molar-refractivity contribution in [1.82, 2.24) is 9.13 Å². The Balaban J connectivity index is 1.61. The van der Waals surface area contributed by atoms with Crippen LogP contribution in [-0.2, 0) is 6.18 Å². The first-order valence-corrected chi connectivity index (χ1v) is 16.2. The molecule has 0 aliphatic rings. The Morgan fingerprint density at radius 3 is 1.43 bits per heavy atom. The molecule has 3 nitrogen and oxygen atoms in total. The van der Waals surface area contributed by atoms with Gasteiger partial charge in [-0.05, 0) is 118 Å². The molecule has 2 heterocycles. The second kappa shape index (κ2) is 10.9. The summed E-state index contributed by atoms with van der Waals surface area (Å²) in [6.45, 7) is 9.91. The number of nitriles is 1. The molecule has 8 aromatic rings. The average Bonchev–Trinajstić information content (AvgIpc) is 3.54. The second-order valence-corrected chi connectivity index (χ2v) is 13.3. The van der Waals surface area contributed by atoms with Gasteiger partial charge in [-0.3, -0.25) is 0 Å². The van der Waals surface area contributed by atoms with E-state index in [2.05, 4.69) is 116 Å². The molecule has 0 N–H and O–H groups in total. The topological polar surface area (TPSA) is 33.6 Å². The maximum atomic E-state index is 14.6. The number of nitrogens with zero attached hydrogens (tertiary/aromatic N) is 3. The minimum atomic E-state index is -4.59. The van der Waals surface area contributed by atoms with Crippen LogP contribution in [0.5, 0.6) is 0 Å². The zero-order valence-electron chi connectivity index (χ0n) is 27.8. The summed E-state index contributed by atoms with van der Waals surface area (Å²) in [5.41, 5.74) is 9.72. The highest BCUT2D eigenvalue weighted by atomic mass is 19.4. The maximum Gasteiger partial charge on any atom is 0.417 e. The molecular formula is C43H32F3N3. The molecule has 0 bridgehead atoms. The minimum Gasteiger partial charge on any atom is -0.307 e. The standard InChI is InChI=1S/C43H32F3N3/c1-24-9-13-36-31(17-24)32-18-25(2)10-14-37(32)48(36)40-22-29(41-28(5)7-6-8-35(41)43(44,45)46)21-30(23-47)42(40)49-38-15-11-26(3)19-33(38)34-20-27(4)12-16-39(34)49/h6-22H,1-5H3. The molecule has 240 valence electrons. The molecule has 0 fully saturated rings. The van der Waals surface area contributed by atoms with E-state index >= 15 is 0 Å². The van der Waals surface area contributed by atoms with Gasteiger partial charge >= 0.3 is 6.18 Å². The summed E-state index contributed by atoms with van der Waals surface area (Å²) in [4.78, 5) is 0. The third-order valence-corrected chi connectivity index (χ3v) is 9.69. The van der Waals surface area contributed by atoms with E-state index in [4.69, 9.17) is 0 Å². The molecule has 0 amide bonds. The normalized spacial score (nSPS) is 12.1. The van der Waals surface area contributed by atoms with Gasteiger partial charge in [-0.25, -0.2) is 0 Å². The molecule has 0 aliphatic carbocycles. The van der Waals surface area contributed by atoms with Gasteiger partial charge in [-0.1, -0.05) is 58.7 Å². The first-order valence-electron chi connectivity index (χ1n) is 16.2. The van der Waals surface area contributed by atoms with Gasteiger partial charge in [-0.2, -0.15) is 18.4 Å². The first-order chi connectivity index (χ1) is 23.4. The lowest BCUT2D eigenvalue weighted by Gasteiger charge is -2.22. The largest absolute Gasteiger partial charge is 0.417 e. The van der Waals surface area contributed by atoms with Crippen LogP contribution in [0, 0.1) is 45.9 Å². The van der Waals surface area contributed by atoms with Gasteiger partial charge in [0.15, 0.2) is 0 Å². The molecule has 8 rings (SSSR count). The number of hydrogen-bond donors (Lipinski definition) is 0. The van der Waals surface area contributed by atoms with Gasteiger partial charge < -0.3 is 9.13 Å². The number of benzene rings is 6. The molecule has 0 unspecified atom stereocenters. The summed E-state index contributed by atoms with van der Waals surface area (Å²) in [6.07, 6.45) is -4.59. The van der Waals surface area contributed by atoms with E-state index in [9.17, 15) is 18.4 Å². The van der Waals surface area contributed by atoms with Gasteiger partial charge in [-0.15, -0.1) is 0 Å². The molecule has 2 aromatic heterocycles. The van der Waals surface area contributed by atoms with Crippen molar-refractivity contribution in [1.29, 1.82) is 5.26 Å². The number of hydrogen-bond acceptors (Lipinski definition) is 1. The predicted octanol–water partition coefficient (Wildman–Crippen LogP) is 12.0. The molecule has 0 spiro atoms. The van der Waals surface area contributed by atoms with Crippen molar-refractivity contribution in [2.75, 3.05) is 0 Å². The summed E-state index contributed by atoms with van der Waals surface area (Å²) >= 11 is 0. The number of aromatic nitrogens is 2. The Hall–Kier alpha value is -5.80. The Kier molecular flexibility index (Phi) is 6.77. The fourth-order valence-corrected chi connectivity index (χ4v) is 7.54. The van der Waals surface area contributed by atoms with Crippen molar-refractivity contribution in [2.24, 2.45) is 0 Å². The number of aryl methyl sites for hydroxylation is 5. The monoisotopic (exact) mass is 647 g/mol. The minimum absolute atomic E-state index is 0.0697. The summed E-state index contributed by atoms with van der Waals surface area (Å²) < 4.78 is 48.0. The van der Waals surface area contributed by atoms with Crippen LogP contribution in [0.2, 0.25) is 0 Å². The second-order valence-electron chi connectivity index (χ2n) is 13.3. The average molecular weight is 648 g/mol. The third kappa shape index (κ3) is 4.72. The van der Waals surface area contributed by atoms with Crippen LogP contribution in [0.4, 0.5) is 13.2 Å². The van der Waals surface area contributed by atoms with Crippen molar-refractivity contribution < 1.29 is 13.2 Å². The van der Waals surface area contributed by atoms with Gasteiger partial charge in [0.25, 0.3) is 0 Å². The van der Waals surface area contributed by atoms with Gasteiger partial charge in [0.05, 0.1) is 44.6 Å². The molecular weight excluding hydrogens is 615 g/mol. The maximum absolute atomic E-state index is 14.6. The summed E-state index contributed by atoms with van der Waals surface area (Å²) in [5.74, 6) is 0. The molecule has 49 heavy (non-hydrogen) atoms. The van der Waals surface area contributed by atoms with Crippen molar-refractivity contribution in [2.45, 2.75) is 40.8 Å². The van der Waals surface area contributed by atoms with Crippen LogP contribution in [0.1, 0.15) is 38.9 Å². The predicted molar refractivity (Wildman–Crippen MR) is 194 cm³/mol. The smallest absolute Gasteiger partial charge is 0.307 e. The molecule has 0 radical (unpaired) electrons. The molecule has 6 heteroatoms. The van der Waals surface area contributed by atoms with E-state index in [0.29, 0.717) is 22.5 Å². The van der Waals surface area contributed by atoms with Crippen LogP contribution in [0.3, 0.4) is 0 Å². The van der Waals surface area contributed by atoms with E-state index in [1.54, 1.807) is 19.1 Å². The lowest BCUT2D eigenvalue weighted by molar-refractivity contribution is -0.137. The van der Waals surface area contributed by atoms with Crippen molar-refractivity contribution >= 4 is 43.6 Å². The first kappa shape index (κ1) is 30.5. The summed E-state index contributed by atoms with van der Waals surface area (Å²) in [5, 5.41) is 15.1. The Morgan fingerprint density at radius 2 is 1.00 bits per heavy atom. The van der Waals surface area contributed by atoms with Crippen molar-refractivity contribution in [3.05, 3.63) is 142 Å². The molecule has 0 atom stereocenters. The van der Waals surface area contributed by atoms with E-state index in [0.717, 1.165) is 71.9 Å². The summed E-state index contributed by atoms with van der Waals surface area (Å²) in [6, 6.07) is 35.2. The number of halogens is 3. The highest BCUT2D eigenvalue weighted by molar-refractivity contribution is 6.12. The number of rotatable bonds is 3. The zero-order valence-corrected chi connectivity index (χ0v) is 27.8. The highest BCUT2D eigenvalue weighted by Gasteiger charge is 2.35. The van der Waals surface area contributed by atoms with Crippen LogP contribution >= 0.6 is 0 Å². The van der Waals surface area contributed by atoms with Gasteiger partial charge in [0.1, 0.15) is 6.07 Å². The lowest BCUT2D eigenvalue weighted by atomic mass is 9.92. The van der Waals surface area contributed by atoms with Crippen molar-refractivity contribution in [3.8, 4) is 28.6 Å². The Bertz CT molecular complexity index is 2600. The van der Waals surface area contributed by atoms with E-state index in [1.165, 1.54) is 6.07 Å². The van der Waals surface area contributed by atoms with E-state index in [-0.39, 0.29) is 11.1 Å². The molecule has 0 aliphatic heterocycles. The SMILES string of the molecule is Cc1ccc2c(c1)c1cc(C)ccc1n2-c1cc(-c2c(C)cccc2C(F)(F)F)cc(C#N)c1-n1c2ccc(C)cc2c2cc(C)ccc21. The Labute approximate surface area is 282 Å². The van der Waals surface area contributed by atoms with Crippen LogP contribution < -0.4 is 0 Å². The zero-order chi connectivity index (χ0) is 34.4. The third-order valence-electron chi connectivity index (χ3n) is 9.69. The number of alkyl halides is 3. The van der Waals surface area contributed by atoms with Crippen LogP contribution in [-0.4, -0.2) is 9.13 Å². The quantitative estimate of drug-likeness (QED) is 0.188. The van der Waals surface area contributed by atoms with E-state index < -0.39 is 11.7 Å². The fraction of sp³-hybridized carbons (Fsp3) is 0.140. The highest BCUT2D eigenvalue weighted by Crippen LogP contribution is 2.44. The Morgan fingerprint density at radius 1 is 0.551 bits per heavy atom. The fourth-order valence-electron chi connectivity index (χ4n) is 7.54. The van der Waals surface area contributed by atoms with Gasteiger partial charge in [0, 0.05) is 21.5 Å². The van der Waals surface area contributed by atoms with Gasteiger partial charge in [0.2, 0.25) is 0 Å². The van der Waals surface area contributed by atoms with Crippen LogP contribution in [0.25, 0.3) is 66.1 Å². The van der Waals surface area contributed by atoms with Crippen molar-refractivity contribution in [3.63, 3.8) is 0 Å². The lowest BCUT2D eigenvalue weighted by Crippen LogP contribution is -2.10. The molecule has 0 saturated carbocycles. The molecule has 6 aromatic carbocycles. The van der Waals surface area contributed by atoms with E-state index in [1.807, 2.05) is 6.07 Å².